The molecule has 0 heterocycles. The van der Waals surface area contributed by atoms with Crippen LogP contribution in [0.4, 0.5) is 0 Å². The molecule has 3 rings (SSSR count). The normalized spacial score (nSPS) is 19.4. The molecule has 0 fully saturated rings. The average molecular weight is 216 g/mol. The zero-order chi connectivity index (χ0) is 11.1. The summed E-state index contributed by atoms with van der Waals surface area (Å²) in [6.45, 7) is 0. The molecule has 1 aromatic carbocycles. The largest absolute Gasteiger partial charge is 0.488 e. The van der Waals surface area contributed by atoms with Crippen LogP contribution >= 0.6 is 0 Å². The van der Waals surface area contributed by atoms with Crippen molar-refractivity contribution in [2.24, 2.45) is 0 Å². The number of hydrogen-bond donors (Lipinski definition) is 2. The predicted octanol–water partition coefficient (Wildman–Crippen LogP) is 1.12. The smallest absolute Gasteiger partial charge is 0.423 e. The highest BCUT2D eigenvalue weighted by Gasteiger charge is 2.28. The van der Waals surface area contributed by atoms with Gasteiger partial charge in [0.05, 0.1) is 0 Å². The second kappa shape index (κ2) is 3.90. The molecule has 84 valence electrons. The lowest BCUT2D eigenvalue weighted by Gasteiger charge is -2.32. The van der Waals surface area contributed by atoms with Gasteiger partial charge < -0.3 is 10.0 Å². The summed E-state index contributed by atoms with van der Waals surface area (Å²) < 4.78 is 0. The molecule has 0 radical (unpaired) electrons. The van der Waals surface area contributed by atoms with Gasteiger partial charge in [0.15, 0.2) is 0 Å². The maximum absolute atomic E-state index is 9.28. The van der Waals surface area contributed by atoms with E-state index in [1.165, 1.54) is 36.8 Å². The van der Waals surface area contributed by atoms with Crippen molar-refractivity contribution in [1.82, 2.24) is 0 Å². The second-order valence-electron chi connectivity index (χ2n) is 5.11. The van der Waals surface area contributed by atoms with Gasteiger partial charge in [-0.05, 0) is 66.6 Å². The van der Waals surface area contributed by atoms with Gasteiger partial charge >= 0.3 is 7.12 Å². The van der Waals surface area contributed by atoms with Crippen LogP contribution in [0.2, 0.25) is 0 Å². The van der Waals surface area contributed by atoms with Gasteiger partial charge in [-0.25, -0.2) is 0 Å². The topological polar surface area (TPSA) is 40.5 Å². The van der Waals surface area contributed by atoms with Crippen molar-refractivity contribution in [3.63, 3.8) is 0 Å². The van der Waals surface area contributed by atoms with Gasteiger partial charge in [-0.2, -0.15) is 0 Å². The third-order valence-electron chi connectivity index (χ3n) is 4.08. The summed E-state index contributed by atoms with van der Waals surface area (Å²) in [5.41, 5.74) is 4.96. The van der Waals surface area contributed by atoms with Gasteiger partial charge in [-0.3, -0.25) is 0 Å². The molecule has 0 unspecified atom stereocenters. The first kappa shape index (κ1) is 10.4. The maximum atomic E-state index is 9.28. The van der Waals surface area contributed by atoms with Crippen LogP contribution in [0.15, 0.2) is 12.1 Å². The molecule has 16 heavy (non-hydrogen) atoms. The van der Waals surface area contributed by atoms with E-state index in [-0.39, 0.29) is 0 Å². The van der Waals surface area contributed by atoms with Crippen LogP contribution in [0.5, 0.6) is 0 Å². The molecule has 2 aliphatic rings. The summed E-state index contributed by atoms with van der Waals surface area (Å²) in [7, 11) is -1.32. The molecule has 3 heteroatoms. The summed E-state index contributed by atoms with van der Waals surface area (Å²) in [5, 5.41) is 18.6. The summed E-state index contributed by atoms with van der Waals surface area (Å²) in [6, 6.07) is 4.00. The van der Waals surface area contributed by atoms with Crippen LogP contribution in [0.1, 0.15) is 48.3 Å². The summed E-state index contributed by atoms with van der Waals surface area (Å²) in [4.78, 5) is 0. The van der Waals surface area contributed by atoms with E-state index in [1.807, 2.05) is 12.1 Å². The lowest BCUT2D eigenvalue weighted by Crippen LogP contribution is -2.32. The Kier molecular flexibility index (Phi) is 2.53. The third-order valence-corrected chi connectivity index (χ3v) is 4.08. The minimum atomic E-state index is -1.32. The lowest BCUT2D eigenvalue weighted by molar-refractivity contribution is 0.425. The van der Waals surface area contributed by atoms with Crippen molar-refractivity contribution < 1.29 is 10.0 Å². The molecular weight excluding hydrogens is 199 g/mol. The molecule has 0 bridgehead atoms. The van der Waals surface area contributed by atoms with Crippen LogP contribution < -0.4 is 5.46 Å². The van der Waals surface area contributed by atoms with Crippen LogP contribution in [-0.2, 0) is 12.8 Å². The minimum Gasteiger partial charge on any atom is -0.423 e. The molecular formula is C13H17BO2. The van der Waals surface area contributed by atoms with E-state index in [0.717, 1.165) is 18.8 Å². The Morgan fingerprint density at radius 2 is 1.56 bits per heavy atom. The molecule has 2 aliphatic carbocycles. The number of rotatable bonds is 1. The minimum absolute atomic E-state index is 0.677. The highest BCUT2D eigenvalue weighted by atomic mass is 16.4. The zero-order valence-corrected chi connectivity index (χ0v) is 9.45. The molecule has 0 saturated heterocycles. The molecule has 2 nitrogen and oxygen atoms in total. The third kappa shape index (κ3) is 1.59. The summed E-state index contributed by atoms with van der Waals surface area (Å²) in [5.74, 6) is 0.748. The van der Waals surface area contributed by atoms with Crippen molar-refractivity contribution in [2.45, 2.75) is 44.4 Å². The first-order valence-electron chi connectivity index (χ1n) is 6.27. The van der Waals surface area contributed by atoms with E-state index in [0.29, 0.717) is 5.46 Å². The van der Waals surface area contributed by atoms with Crippen molar-refractivity contribution in [2.75, 3.05) is 0 Å². The molecule has 0 amide bonds. The Hall–Kier alpha value is -0.795. The molecule has 0 aromatic heterocycles. The zero-order valence-electron chi connectivity index (χ0n) is 9.45. The Labute approximate surface area is 96.5 Å². The van der Waals surface area contributed by atoms with Crippen LogP contribution in [0.3, 0.4) is 0 Å². The Morgan fingerprint density at radius 1 is 1.00 bits per heavy atom. The molecule has 0 saturated carbocycles. The van der Waals surface area contributed by atoms with E-state index in [2.05, 4.69) is 0 Å². The Balaban J connectivity index is 2.13. The first-order valence-corrected chi connectivity index (χ1v) is 6.27. The Bertz CT molecular complexity index is 383. The predicted molar refractivity (Wildman–Crippen MR) is 64.9 cm³/mol. The quantitative estimate of drug-likeness (QED) is 0.690. The molecule has 2 N–H and O–H groups in total. The van der Waals surface area contributed by atoms with Gasteiger partial charge in [0.1, 0.15) is 0 Å². The van der Waals surface area contributed by atoms with Gasteiger partial charge in [0.2, 0.25) is 0 Å². The van der Waals surface area contributed by atoms with Crippen LogP contribution in [0, 0.1) is 0 Å². The van der Waals surface area contributed by atoms with E-state index < -0.39 is 7.12 Å². The van der Waals surface area contributed by atoms with Gasteiger partial charge in [0, 0.05) is 0 Å². The number of aryl methyl sites for hydroxylation is 2. The van der Waals surface area contributed by atoms with E-state index in [4.69, 9.17) is 0 Å². The van der Waals surface area contributed by atoms with E-state index in [9.17, 15) is 10.0 Å². The Morgan fingerprint density at radius 3 is 2.06 bits per heavy atom. The second-order valence-corrected chi connectivity index (χ2v) is 5.11. The average Bonchev–Trinajstić information content (AvgIpc) is 2.29. The molecule has 0 spiro atoms. The maximum Gasteiger partial charge on any atom is 0.488 e. The van der Waals surface area contributed by atoms with E-state index >= 15 is 0 Å². The highest BCUT2D eigenvalue weighted by molar-refractivity contribution is 6.58. The van der Waals surface area contributed by atoms with Gasteiger partial charge in [-0.1, -0.05) is 12.1 Å². The monoisotopic (exact) mass is 216 g/mol. The van der Waals surface area contributed by atoms with Crippen molar-refractivity contribution in [3.05, 3.63) is 28.8 Å². The van der Waals surface area contributed by atoms with Crippen molar-refractivity contribution in [3.8, 4) is 0 Å². The number of hydrogen-bond acceptors (Lipinski definition) is 2. The van der Waals surface area contributed by atoms with Crippen molar-refractivity contribution in [1.29, 1.82) is 0 Å². The lowest BCUT2D eigenvalue weighted by atomic mass is 9.69. The molecule has 1 aromatic rings. The van der Waals surface area contributed by atoms with Crippen molar-refractivity contribution >= 4 is 12.6 Å². The number of benzene rings is 1. The van der Waals surface area contributed by atoms with Crippen LogP contribution in [0.25, 0.3) is 0 Å². The summed E-state index contributed by atoms with van der Waals surface area (Å²) >= 11 is 0. The first-order chi connectivity index (χ1) is 7.75. The van der Waals surface area contributed by atoms with Gasteiger partial charge in [0.25, 0.3) is 0 Å². The summed E-state index contributed by atoms with van der Waals surface area (Å²) in [6.07, 6.45) is 7.37. The van der Waals surface area contributed by atoms with E-state index in [1.54, 1.807) is 5.56 Å². The highest BCUT2D eigenvalue weighted by Crippen LogP contribution is 2.40. The fraction of sp³-hybridized carbons (Fsp3) is 0.538. The molecule has 0 atom stereocenters. The fourth-order valence-electron chi connectivity index (χ4n) is 3.40. The molecule has 0 aliphatic heterocycles. The van der Waals surface area contributed by atoms with Crippen LogP contribution in [-0.4, -0.2) is 17.2 Å². The SMILES string of the molecule is OB(O)c1cc2c3c(c1)CCCC3CCC2. The standard InChI is InChI=1S/C13H17BO2/c15-14(16)12-7-10-5-1-3-9-4-2-6-11(8-12)13(9)10/h7-9,15-16H,1-6H2. The fourth-order valence-corrected chi connectivity index (χ4v) is 3.40. The van der Waals surface area contributed by atoms with Gasteiger partial charge in [-0.15, -0.1) is 0 Å².